The third-order valence-electron chi connectivity index (χ3n) is 3.86. The summed E-state index contributed by atoms with van der Waals surface area (Å²) in [7, 11) is 1.64. The van der Waals surface area contributed by atoms with E-state index in [-0.39, 0.29) is 17.9 Å². The van der Waals surface area contributed by atoms with Crippen molar-refractivity contribution in [1.82, 2.24) is 4.90 Å². The Kier molecular flexibility index (Phi) is 5.57. The van der Waals surface area contributed by atoms with Crippen molar-refractivity contribution in [2.45, 2.75) is 25.0 Å². The largest absolute Gasteiger partial charge is 0.382 e. The Morgan fingerprint density at radius 2 is 2.16 bits per heavy atom. The van der Waals surface area contributed by atoms with E-state index in [1.54, 1.807) is 7.11 Å². The molecule has 2 aliphatic rings. The van der Waals surface area contributed by atoms with Crippen molar-refractivity contribution in [1.29, 1.82) is 0 Å². The van der Waals surface area contributed by atoms with Crippen molar-refractivity contribution >= 4 is 5.91 Å². The van der Waals surface area contributed by atoms with Crippen molar-refractivity contribution in [3.05, 3.63) is 0 Å². The first-order valence-electron chi connectivity index (χ1n) is 6.95. The fourth-order valence-electron chi connectivity index (χ4n) is 2.69. The molecule has 0 aromatic rings. The first-order chi connectivity index (χ1) is 9.22. The third-order valence-corrected chi connectivity index (χ3v) is 3.86. The van der Waals surface area contributed by atoms with Crippen LogP contribution in [0, 0.1) is 5.92 Å². The molecule has 0 spiro atoms. The molecule has 2 atom stereocenters. The van der Waals surface area contributed by atoms with Gasteiger partial charge in [0.05, 0.1) is 25.4 Å². The molecule has 1 amide bonds. The van der Waals surface area contributed by atoms with Crippen LogP contribution in [0.25, 0.3) is 0 Å². The lowest BCUT2D eigenvalue weighted by atomic mass is 9.91. The van der Waals surface area contributed by atoms with E-state index < -0.39 is 6.04 Å². The summed E-state index contributed by atoms with van der Waals surface area (Å²) >= 11 is 0. The maximum atomic E-state index is 12.4. The zero-order valence-electron chi connectivity index (χ0n) is 11.5. The Morgan fingerprint density at radius 3 is 2.84 bits per heavy atom. The lowest BCUT2D eigenvalue weighted by Gasteiger charge is -2.36. The Bertz CT molecular complexity index is 292. The van der Waals surface area contributed by atoms with Gasteiger partial charge < -0.3 is 24.8 Å². The fourth-order valence-corrected chi connectivity index (χ4v) is 2.69. The second-order valence-electron chi connectivity index (χ2n) is 5.21. The molecule has 2 saturated heterocycles. The van der Waals surface area contributed by atoms with E-state index in [4.69, 9.17) is 19.9 Å². The van der Waals surface area contributed by atoms with Gasteiger partial charge in [-0.2, -0.15) is 0 Å². The fraction of sp³-hybridized carbons (Fsp3) is 0.923. The molecule has 2 rings (SSSR count). The number of hydrogen-bond acceptors (Lipinski definition) is 5. The van der Waals surface area contributed by atoms with Gasteiger partial charge >= 0.3 is 0 Å². The highest BCUT2D eigenvalue weighted by molar-refractivity contribution is 5.82. The van der Waals surface area contributed by atoms with Gasteiger partial charge in [0.2, 0.25) is 5.91 Å². The van der Waals surface area contributed by atoms with E-state index in [0.717, 1.165) is 12.8 Å². The van der Waals surface area contributed by atoms with Gasteiger partial charge in [0.1, 0.15) is 0 Å². The second-order valence-corrected chi connectivity index (χ2v) is 5.21. The van der Waals surface area contributed by atoms with Crippen molar-refractivity contribution in [2.75, 3.05) is 46.6 Å². The highest BCUT2D eigenvalue weighted by atomic mass is 16.5. The Hall–Kier alpha value is -0.690. The standard InChI is InChI=1S/C13H24N2O4/c1-17-9-11-8-15(4-7-19-11)13(16)12(14)10-2-5-18-6-3-10/h10-12H,2-9,14H2,1H3. The average molecular weight is 272 g/mol. The molecule has 6 heteroatoms. The minimum absolute atomic E-state index is 0.0374. The predicted octanol–water partition coefficient (Wildman–Crippen LogP) is -0.386. The van der Waals surface area contributed by atoms with E-state index in [9.17, 15) is 4.79 Å². The summed E-state index contributed by atoms with van der Waals surface area (Å²) in [5.74, 6) is 0.279. The summed E-state index contributed by atoms with van der Waals surface area (Å²) in [5, 5.41) is 0. The number of nitrogens with two attached hydrogens (primary N) is 1. The van der Waals surface area contributed by atoms with E-state index in [2.05, 4.69) is 0 Å². The van der Waals surface area contributed by atoms with Gasteiger partial charge in [-0.05, 0) is 18.8 Å². The van der Waals surface area contributed by atoms with Crippen molar-refractivity contribution in [3.63, 3.8) is 0 Å². The summed E-state index contributed by atoms with van der Waals surface area (Å²) in [4.78, 5) is 14.2. The quantitative estimate of drug-likeness (QED) is 0.755. The number of amides is 1. The van der Waals surface area contributed by atoms with Gasteiger partial charge in [0.25, 0.3) is 0 Å². The van der Waals surface area contributed by atoms with Crippen LogP contribution in [0.4, 0.5) is 0 Å². The van der Waals surface area contributed by atoms with E-state index in [1.807, 2.05) is 4.90 Å². The molecular formula is C13H24N2O4. The van der Waals surface area contributed by atoms with Gasteiger partial charge in [0.15, 0.2) is 0 Å². The first-order valence-corrected chi connectivity index (χ1v) is 6.95. The van der Waals surface area contributed by atoms with Crippen LogP contribution in [0.1, 0.15) is 12.8 Å². The molecule has 2 heterocycles. The maximum Gasteiger partial charge on any atom is 0.239 e. The number of carbonyl (C=O) groups excluding carboxylic acids is 1. The molecular weight excluding hydrogens is 248 g/mol. The molecule has 2 aliphatic heterocycles. The zero-order chi connectivity index (χ0) is 13.7. The summed E-state index contributed by atoms with van der Waals surface area (Å²) in [6.07, 6.45) is 1.71. The molecule has 0 aromatic carbocycles. The highest BCUT2D eigenvalue weighted by Crippen LogP contribution is 2.19. The number of hydrogen-bond donors (Lipinski definition) is 1. The van der Waals surface area contributed by atoms with Crippen LogP contribution in [-0.2, 0) is 19.0 Å². The number of rotatable bonds is 4. The zero-order valence-corrected chi connectivity index (χ0v) is 11.5. The molecule has 2 unspecified atom stereocenters. The molecule has 0 aliphatic carbocycles. The maximum absolute atomic E-state index is 12.4. The topological polar surface area (TPSA) is 74.0 Å². The average Bonchev–Trinajstić information content (AvgIpc) is 2.47. The van der Waals surface area contributed by atoms with Crippen LogP contribution < -0.4 is 5.73 Å². The predicted molar refractivity (Wildman–Crippen MR) is 69.7 cm³/mol. The monoisotopic (exact) mass is 272 g/mol. The molecule has 6 nitrogen and oxygen atoms in total. The summed E-state index contributed by atoms with van der Waals surface area (Å²) in [6, 6.07) is -0.412. The number of nitrogens with zero attached hydrogens (tertiary/aromatic N) is 1. The van der Waals surface area contributed by atoms with Crippen LogP contribution in [-0.4, -0.2) is 69.6 Å². The van der Waals surface area contributed by atoms with Crippen LogP contribution in [0.3, 0.4) is 0 Å². The van der Waals surface area contributed by atoms with Gasteiger partial charge in [-0.15, -0.1) is 0 Å². The van der Waals surface area contributed by atoms with Gasteiger partial charge in [-0.1, -0.05) is 0 Å². The molecule has 0 aromatic heterocycles. The normalized spacial score (nSPS) is 27.3. The Balaban J connectivity index is 1.86. The van der Waals surface area contributed by atoms with Crippen molar-refractivity contribution in [2.24, 2.45) is 11.7 Å². The summed E-state index contributed by atoms with van der Waals surface area (Å²) in [6.45, 7) is 3.68. The minimum atomic E-state index is -0.412. The molecule has 2 N–H and O–H groups in total. The van der Waals surface area contributed by atoms with Crippen molar-refractivity contribution < 1.29 is 19.0 Å². The minimum Gasteiger partial charge on any atom is -0.382 e. The van der Waals surface area contributed by atoms with Gasteiger partial charge in [0, 0.05) is 33.4 Å². The van der Waals surface area contributed by atoms with Gasteiger partial charge in [-0.25, -0.2) is 0 Å². The lowest BCUT2D eigenvalue weighted by Crippen LogP contribution is -2.54. The molecule has 19 heavy (non-hydrogen) atoms. The smallest absolute Gasteiger partial charge is 0.239 e. The number of ether oxygens (including phenoxy) is 3. The van der Waals surface area contributed by atoms with Crippen LogP contribution in [0.2, 0.25) is 0 Å². The summed E-state index contributed by atoms with van der Waals surface area (Å²) < 4.78 is 15.9. The lowest BCUT2D eigenvalue weighted by molar-refractivity contribution is -0.144. The first kappa shape index (κ1) is 14.7. The number of carbonyl (C=O) groups is 1. The molecule has 0 radical (unpaired) electrons. The van der Waals surface area contributed by atoms with Crippen LogP contribution in [0.15, 0.2) is 0 Å². The number of morpholine rings is 1. The molecule has 2 fully saturated rings. The number of methoxy groups -OCH3 is 1. The summed E-state index contributed by atoms with van der Waals surface area (Å²) in [5.41, 5.74) is 6.12. The van der Waals surface area contributed by atoms with Crippen LogP contribution >= 0.6 is 0 Å². The molecule has 0 bridgehead atoms. The van der Waals surface area contributed by atoms with E-state index >= 15 is 0 Å². The molecule has 110 valence electrons. The highest BCUT2D eigenvalue weighted by Gasteiger charge is 2.32. The Morgan fingerprint density at radius 1 is 1.42 bits per heavy atom. The van der Waals surface area contributed by atoms with Crippen LogP contribution in [0.5, 0.6) is 0 Å². The third kappa shape index (κ3) is 3.89. The van der Waals surface area contributed by atoms with Crippen molar-refractivity contribution in [3.8, 4) is 0 Å². The molecule has 0 saturated carbocycles. The van der Waals surface area contributed by atoms with Gasteiger partial charge in [-0.3, -0.25) is 4.79 Å². The SMILES string of the molecule is COCC1CN(C(=O)C(N)C2CCOCC2)CCO1. The Labute approximate surface area is 114 Å². The second kappa shape index (κ2) is 7.19. The van der Waals surface area contributed by atoms with E-state index in [1.165, 1.54) is 0 Å². The van der Waals surface area contributed by atoms with E-state index in [0.29, 0.717) is 39.5 Å².